The van der Waals surface area contributed by atoms with E-state index < -0.39 is 5.82 Å². The molecule has 96 valence electrons. The largest absolute Gasteiger partial charge is 0.322 e. The number of rotatable bonds is 6. The molecule has 0 fully saturated rings. The van der Waals surface area contributed by atoms with Crippen molar-refractivity contribution in [2.45, 2.75) is 25.8 Å². The molecule has 3 nitrogen and oxygen atoms in total. The molecule has 1 amide bonds. The second kappa shape index (κ2) is 7.46. The van der Waals surface area contributed by atoms with Crippen LogP contribution in [-0.4, -0.2) is 18.5 Å². The van der Waals surface area contributed by atoms with Crippen LogP contribution in [0.5, 0.6) is 0 Å². The first-order valence-corrected chi connectivity index (χ1v) is 5.91. The molecular formula is C14H17FN2O. The topological polar surface area (TPSA) is 41.1 Å². The lowest BCUT2D eigenvalue weighted by Crippen LogP contribution is -2.35. The summed E-state index contributed by atoms with van der Waals surface area (Å²) in [5.74, 6) is 1.81. The maximum absolute atomic E-state index is 13.3. The van der Waals surface area contributed by atoms with Crippen LogP contribution in [0, 0.1) is 18.2 Å². The van der Waals surface area contributed by atoms with E-state index in [-0.39, 0.29) is 24.2 Å². The summed E-state index contributed by atoms with van der Waals surface area (Å²) in [6.45, 7) is 2.09. The van der Waals surface area contributed by atoms with E-state index in [1.807, 2.05) is 6.92 Å². The molecule has 18 heavy (non-hydrogen) atoms. The zero-order valence-corrected chi connectivity index (χ0v) is 10.4. The number of carbonyl (C=O) groups excluding carboxylic acids is 1. The van der Waals surface area contributed by atoms with Gasteiger partial charge in [0, 0.05) is 0 Å². The van der Waals surface area contributed by atoms with E-state index in [1.165, 1.54) is 12.1 Å². The van der Waals surface area contributed by atoms with Gasteiger partial charge >= 0.3 is 0 Å². The molecule has 0 spiro atoms. The van der Waals surface area contributed by atoms with Crippen LogP contribution in [0.3, 0.4) is 0 Å². The van der Waals surface area contributed by atoms with Crippen molar-refractivity contribution in [3.8, 4) is 12.3 Å². The molecular weight excluding hydrogens is 231 g/mol. The van der Waals surface area contributed by atoms with Crippen molar-refractivity contribution in [3.05, 3.63) is 30.1 Å². The van der Waals surface area contributed by atoms with Crippen LogP contribution in [-0.2, 0) is 4.79 Å². The molecule has 0 aliphatic rings. The van der Waals surface area contributed by atoms with Gasteiger partial charge in [-0.15, -0.1) is 6.42 Å². The normalized spacial score (nSPS) is 11.6. The van der Waals surface area contributed by atoms with Crippen LogP contribution in [0.15, 0.2) is 24.3 Å². The third-order valence-electron chi connectivity index (χ3n) is 2.44. The molecule has 1 aromatic rings. The fourth-order valence-corrected chi connectivity index (χ4v) is 1.51. The summed E-state index contributed by atoms with van der Waals surface area (Å²) in [4.78, 5) is 11.6. The molecule has 0 aliphatic carbocycles. The molecule has 0 aliphatic heterocycles. The van der Waals surface area contributed by atoms with Crippen molar-refractivity contribution in [3.63, 3.8) is 0 Å². The van der Waals surface area contributed by atoms with Gasteiger partial charge in [0.2, 0.25) is 5.91 Å². The van der Waals surface area contributed by atoms with E-state index in [2.05, 4.69) is 16.6 Å². The minimum absolute atomic E-state index is 0.0726. The quantitative estimate of drug-likeness (QED) is 0.757. The number of hydrogen-bond donors (Lipinski definition) is 2. The highest BCUT2D eigenvalue weighted by atomic mass is 19.1. The molecule has 0 saturated heterocycles. The minimum Gasteiger partial charge on any atom is -0.322 e. The standard InChI is InChI=1S/C14H17FN2O/c1-3-7-11(4-2)16-10-14(18)17-13-9-6-5-8-12(13)15/h2,5-6,8-9,11,16H,3,7,10H2,1H3,(H,17,18). The predicted octanol–water partition coefficient (Wildman–Crippen LogP) is 2.16. The van der Waals surface area contributed by atoms with Crippen molar-refractivity contribution in [2.24, 2.45) is 0 Å². The van der Waals surface area contributed by atoms with E-state index in [4.69, 9.17) is 6.42 Å². The summed E-state index contributed by atoms with van der Waals surface area (Å²) in [6, 6.07) is 5.91. The van der Waals surface area contributed by atoms with Crippen LogP contribution in [0.4, 0.5) is 10.1 Å². The molecule has 0 radical (unpaired) electrons. The highest BCUT2D eigenvalue weighted by molar-refractivity contribution is 5.92. The summed E-state index contributed by atoms with van der Waals surface area (Å²) in [5.41, 5.74) is 0.178. The summed E-state index contributed by atoms with van der Waals surface area (Å²) in [5, 5.41) is 5.43. The number of hydrogen-bond acceptors (Lipinski definition) is 2. The maximum atomic E-state index is 13.3. The number of anilines is 1. The summed E-state index contributed by atoms with van der Waals surface area (Å²) >= 11 is 0. The molecule has 0 heterocycles. The lowest BCUT2D eigenvalue weighted by atomic mass is 10.2. The van der Waals surface area contributed by atoms with Crippen LogP contribution < -0.4 is 10.6 Å². The molecule has 1 aromatic carbocycles. The Bertz CT molecular complexity index is 440. The number of para-hydroxylation sites is 1. The predicted molar refractivity (Wildman–Crippen MR) is 70.6 cm³/mol. The third-order valence-corrected chi connectivity index (χ3v) is 2.44. The first kappa shape index (κ1) is 14.2. The van der Waals surface area contributed by atoms with Crippen molar-refractivity contribution < 1.29 is 9.18 Å². The summed E-state index contributed by atoms with van der Waals surface area (Å²) in [6.07, 6.45) is 7.07. The van der Waals surface area contributed by atoms with Crippen LogP contribution in [0.1, 0.15) is 19.8 Å². The number of amides is 1. The Hall–Kier alpha value is -1.86. The second-order valence-corrected chi connectivity index (χ2v) is 3.92. The van der Waals surface area contributed by atoms with E-state index in [1.54, 1.807) is 12.1 Å². The fraction of sp³-hybridized carbons (Fsp3) is 0.357. The van der Waals surface area contributed by atoms with Gasteiger partial charge in [-0.05, 0) is 18.6 Å². The van der Waals surface area contributed by atoms with Gasteiger partial charge in [0.25, 0.3) is 0 Å². The third kappa shape index (κ3) is 4.56. The Balaban J connectivity index is 2.43. The molecule has 1 rings (SSSR count). The monoisotopic (exact) mass is 248 g/mol. The van der Waals surface area contributed by atoms with Gasteiger partial charge in [-0.1, -0.05) is 31.4 Å². The van der Waals surface area contributed by atoms with E-state index >= 15 is 0 Å². The highest BCUT2D eigenvalue weighted by Crippen LogP contribution is 2.11. The second-order valence-electron chi connectivity index (χ2n) is 3.92. The van der Waals surface area contributed by atoms with Crippen molar-refractivity contribution in [1.29, 1.82) is 0 Å². The van der Waals surface area contributed by atoms with Gasteiger partial charge in [0.05, 0.1) is 18.3 Å². The summed E-state index contributed by atoms with van der Waals surface area (Å²) in [7, 11) is 0. The van der Waals surface area contributed by atoms with Crippen molar-refractivity contribution in [2.75, 3.05) is 11.9 Å². The number of carbonyl (C=O) groups is 1. The molecule has 0 saturated carbocycles. The SMILES string of the molecule is C#CC(CCC)NCC(=O)Nc1ccccc1F. The first-order valence-electron chi connectivity index (χ1n) is 5.91. The molecule has 4 heteroatoms. The van der Waals surface area contributed by atoms with Gasteiger partial charge in [-0.25, -0.2) is 4.39 Å². The van der Waals surface area contributed by atoms with Crippen LogP contribution >= 0.6 is 0 Å². The van der Waals surface area contributed by atoms with E-state index in [0.717, 1.165) is 12.8 Å². The average Bonchev–Trinajstić information content (AvgIpc) is 2.37. The number of benzene rings is 1. The van der Waals surface area contributed by atoms with Gasteiger partial charge in [-0.2, -0.15) is 0 Å². The zero-order valence-electron chi connectivity index (χ0n) is 10.4. The maximum Gasteiger partial charge on any atom is 0.238 e. The minimum atomic E-state index is -0.451. The first-order chi connectivity index (χ1) is 8.67. The highest BCUT2D eigenvalue weighted by Gasteiger charge is 2.08. The van der Waals surface area contributed by atoms with Gasteiger partial charge in [-0.3, -0.25) is 10.1 Å². The molecule has 2 N–H and O–H groups in total. The lowest BCUT2D eigenvalue weighted by molar-refractivity contribution is -0.115. The lowest BCUT2D eigenvalue weighted by Gasteiger charge is -2.12. The fourth-order valence-electron chi connectivity index (χ4n) is 1.51. The molecule has 1 unspecified atom stereocenters. The van der Waals surface area contributed by atoms with Crippen molar-refractivity contribution >= 4 is 11.6 Å². The Morgan fingerprint density at radius 3 is 2.83 bits per heavy atom. The van der Waals surface area contributed by atoms with E-state index in [0.29, 0.717) is 0 Å². The Morgan fingerprint density at radius 2 is 2.22 bits per heavy atom. The molecule has 0 aromatic heterocycles. The Kier molecular flexibility index (Phi) is 5.89. The number of halogens is 1. The zero-order chi connectivity index (χ0) is 13.4. The van der Waals surface area contributed by atoms with E-state index in [9.17, 15) is 9.18 Å². The van der Waals surface area contributed by atoms with Crippen LogP contribution in [0.25, 0.3) is 0 Å². The van der Waals surface area contributed by atoms with Gasteiger partial charge < -0.3 is 5.32 Å². The van der Waals surface area contributed by atoms with Gasteiger partial charge in [0.15, 0.2) is 0 Å². The molecule has 0 bridgehead atoms. The number of terminal acetylenes is 1. The summed E-state index contributed by atoms with van der Waals surface area (Å²) < 4.78 is 13.3. The van der Waals surface area contributed by atoms with Crippen LogP contribution in [0.2, 0.25) is 0 Å². The van der Waals surface area contributed by atoms with Crippen molar-refractivity contribution in [1.82, 2.24) is 5.32 Å². The number of nitrogens with one attached hydrogen (secondary N) is 2. The Labute approximate surface area is 107 Å². The van der Waals surface area contributed by atoms with Gasteiger partial charge in [0.1, 0.15) is 5.82 Å². The average molecular weight is 248 g/mol. The Morgan fingerprint density at radius 1 is 1.50 bits per heavy atom. The molecule has 1 atom stereocenters. The smallest absolute Gasteiger partial charge is 0.238 e.